The highest BCUT2D eigenvalue weighted by atomic mass is 19.4. The van der Waals surface area contributed by atoms with Crippen molar-refractivity contribution in [3.8, 4) is 0 Å². The van der Waals surface area contributed by atoms with Crippen molar-refractivity contribution in [1.82, 2.24) is 0 Å². The molecule has 0 bridgehead atoms. The monoisotopic (exact) mass is 320 g/mol. The summed E-state index contributed by atoms with van der Waals surface area (Å²) in [5, 5.41) is 10.6. The number of hydrogen-bond donors (Lipinski definition) is 1. The Labute approximate surface area is 124 Å². The van der Waals surface area contributed by atoms with E-state index in [1.54, 1.807) is 0 Å². The third-order valence-electron chi connectivity index (χ3n) is 4.46. The summed E-state index contributed by atoms with van der Waals surface area (Å²) in [5.74, 6) is -2.17. The number of halogens is 4. The highest BCUT2D eigenvalue weighted by molar-refractivity contribution is 5.32. The minimum atomic E-state index is -4.79. The first kappa shape index (κ1) is 15.7. The van der Waals surface area contributed by atoms with E-state index in [-0.39, 0.29) is 18.4 Å². The Hall–Kier alpha value is -1.18. The van der Waals surface area contributed by atoms with Gasteiger partial charge in [-0.05, 0) is 18.9 Å². The lowest BCUT2D eigenvalue weighted by Gasteiger charge is -2.41. The summed E-state index contributed by atoms with van der Waals surface area (Å²) in [4.78, 5) is 0. The van der Waals surface area contributed by atoms with Crippen molar-refractivity contribution in [3.63, 3.8) is 0 Å². The summed E-state index contributed by atoms with van der Waals surface area (Å²) in [6, 6.07) is 3.00. The first-order valence-corrected chi connectivity index (χ1v) is 7.12. The van der Waals surface area contributed by atoms with Crippen LogP contribution >= 0.6 is 0 Å². The molecule has 1 aliphatic carbocycles. The topological polar surface area (TPSA) is 38.7 Å². The molecule has 3 nitrogen and oxygen atoms in total. The summed E-state index contributed by atoms with van der Waals surface area (Å²) in [7, 11) is 0. The molecule has 0 amide bonds. The fourth-order valence-corrected chi connectivity index (χ4v) is 3.21. The fraction of sp³-hybridized carbons (Fsp3) is 0.600. The number of hydrogen-bond acceptors (Lipinski definition) is 3. The van der Waals surface area contributed by atoms with Crippen molar-refractivity contribution >= 4 is 0 Å². The van der Waals surface area contributed by atoms with E-state index in [4.69, 9.17) is 9.47 Å². The minimum absolute atomic E-state index is 0.0885. The van der Waals surface area contributed by atoms with E-state index in [1.165, 1.54) is 6.07 Å². The third kappa shape index (κ3) is 2.61. The Kier molecular flexibility index (Phi) is 3.70. The SMILES string of the molecule is OC1(c2cccc(C(F)(F)F)c2F)CCC2(CC1)OCCO2. The summed E-state index contributed by atoms with van der Waals surface area (Å²) in [5.41, 5.74) is -3.30. The summed E-state index contributed by atoms with van der Waals surface area (Å²) in [6.07, 6.45) is -3.97. The zero-order chi connectivity index (χ0) is 16.0. The molecule has 1 aliphatic heterocycles. The van der Waals surface area contributed by atoms with E-state index < -0.39 is 28.9 Å². The van der Waals surface area contributed by atoms with Gasteiger partial charge in [-0.2, -0.15) is 13.2 Å². The molecule has 2 aliphatic rings. The van der Waals surface area contributed by atoms with Crippen LogP contribution in [0.4, 0.5) is 17.6 Å². The van der Waals surface area contributed by atoms with Gasteiger partial charge in [-0.25, -0.2) is 4.39 Å². The van der Waals surface area contributed by atoms with Crippen LogP contribution in [0.3, 0.4) is 0 Å². The Balaban J connectivity index is 1.88. The van der Waals surface area contributed by atoms with Crippen LogP contribution in [0.2, 0.25) is 0 Å². The smallest absolute Gasteiger partial charge is 0.385 e. The van der Waals surface area contributed by atoms with Gasteiger partial charge in [-0.15, -0.1) is 0 Å². The molecule has 1 spiro atoms. The van der Waals surface area contributed by atoms with Gasteiger partial charge >= 0.3 is 6.18 Å². The largest absolute Gasteiger partial charge is 0.419 e. The molecular weight excluding hydrogens is 304 g/mol. The molecule has 22 heavy (non-hydrogen) atoms. The van der Waals surface area contributed by atoms with Crippen molar-refractivity contribution in [1.29, 1.82) is 0 Å². The molecule has 1 aromatic carbocycles. The van der Waals surface area contributed by atoms with E-state index >= 15 is 0 Å². The molecule has 1 N–H and O–H groups in total. The maximum Gasteiger partial charge on any atom is 0.419 e. The van der Waals surface area contributed by atoms with Gasteiger partial charge in [-0.1, -0.05) is 12.1 Å². The van der Waals surface area contributed by atoms with E-state index in [9.17, 15) is 22.7 Å². The second-order valence-electron chi connectivity index (χ2n) is 5.80. The number of aliphatic hydroxyl groups is 1. The molecule has 0 radical (unpaired) electrons. The second kappa shape index (κ2) is 5.18. The average molecular weight is 320 g/mol. The highest BCUT2D eigenvalue weighted by Gasteiger charge is 2.48. The zero-order valence-electron chi connectivity index (χ0n) is 11.8. The number of benzene rings is 1. The molecule has 3 rings (SSSR count). The summed E-state index contributed by atoms with van der Waals surface area (Å²) < 4.78 is 63.6. The van der Waals surface area contributed by atoms with Crippen molar-refractivity contribution in [3.05, 3.63) is 35.1 Å². The van der Waals surface area contributed by atoms with Crippen LogP contribution < -0.4 is 0 Å². The van der Waals surface area contributed by atoms with Crippen molar-refractivity contribution in [2.24, 2.45) is 0 Å². The van der Waals surface area contributed by atoms with Crippen molar-refractivity contribution in [2.75, 3.05) is 13.2 Å². The lowest BCUT2D eigenvalue weighted by Crippen LogP contribution is -2.42. The average Bonchev–Trinajstić information content (AvgIpc) is 2.90. The Morgan fingerprint density at radius 2 is 1.59 bits per heavy atom. The predicted molar refractivity (Wildman–Crippen MR) is 68.4 cm³/mol. The van der Waals surface area contributed by atoms with Crippen LogP contribution in [0.25, 0.3) is 0 Å². The first-order valence-electron chi connectivity index (χ1n) is 7.12. The maximum atomic E-state index is 14.2. The van der Waals surface area contributed by atoms with Crippen molar-refractivity contribution < 1.29 is 32.1 Å². The highest BCUT2D eigenvalue weighted by Crippen LogP contribution is 2.46. The molecule has 1 aromatic rings. The molecule has 1 saturated heterocycles. The van der Waals surface area contributed by atoms with Crippen LogP contribution in [0.5, 0.6) is 0 Å². The van der Waals surface area contributed by atoms with Crippen LogP contribution in [-0.2, 0) is 21.3 Å². The Bertz CT molecular complexity index is 554. The molecule has 0 atom stereocenters. The quantitative estimate of drug-likeness (QED) is 0.807. The normalized spacial score (nSPS) is 23.9. The molecule has 1 saturated carbocycles. The van der Waals surface area contributed by atoms with E-state index in [0.29, 0.717) is 32.1 Å². The minimum Gasteiger partial charge on any atom is -0.385 e. The van der Waals surface area contributed by atoms with Crippen LogP contribution in [0.1, 0.15) is 36.8 Å². The lowest BCUT2D eigenvalue weighted by molar-refractivity contribution is -0.204. The van der Waals surface area contributed by atoms with Crippen LogP contribution in [0.15, 0.2) is 18.2 Å². The van der Waals surface area contributed by atoms with Gasteiger partial charge in [0, 0.05) is 18.4 Å². The third-order valence-corrected chi connectivity index (χ3v) is 4.46. The van der Waals surface area contributed by atoms with Crippen molar-refractivity contribution in [2.45, 2.75) is 43.2 Å². The molecule has 1 heterocycles. The predicted octanol–water partition coefficient (Wildman–Crippen LogP) is 3.35. The zero-order valence-corrected chi connectivity index (χ0v) is 11.8. The van der Waals surface area contributed by atoms with Gasteiger partial charge in [0.05, 0.1) is 24.4 Å². The standard InChI is InChI=1S/C15H16F4O3/c16-12-10(2-1-3-11(12)15(17,18)19)13(20)4-6-14(7-5-13)21-8-9-22-14/h1-3,20H,4-9H2. The van der Waals surface area contributed by atoms with E-state index in [1.807, 2.05) is 0 Å². The van der Waals surface area contributed by atoms with E-state index in [2.05, 4.69) is 0 Å². The Morgan fingerprint density at radius 3 is 2.14 bits per heavy atom. The maximum absolute atomic E-state index is 14.2. The van der Waals surface area contributed by atoms with Gasteiger partial charge in [0.2, 0.25) is 0 Å². The van der Waals surface area contributed by atoms with Crippen LogP contribution in [-0.4, -0.2) is 24.1 Å². The van der Waals surface area contributed by atoms with Gasteiger partial charge < -0.3 is 14.6 Å². The van der Waals surface area contributed by atoms with Gasteiger partial charge in [-0.3, -0.25) is 0 Å². The van der Waals surface area contributed by atoms with Gasteiger partial charge in [0.25, 0.3) is 0 Å². The number of ether oxygens (including phenoxy) is 2. The van der Waals surface area contributed by atoms with Gasteiger partial charge in [0.15, 0.2) is 5.79 Å². The number of rotatable bonds is 1. The second-order valence-corrected chi connectivity index (χ2v) is 5.80. The molecule has 2 fully saturated rings. The molecule has 122 valence electrons. The molecule has 0 aromatic heterocycles. The van der Waals surface area contributed by atoms with Crippen LogP contribution in [0, 0.1) is 5.82 Å². The lowest BCUT2D eigenvalue weighted by atomic mass is 9.76. The molecule has 7 heteroatoms. The first-order chi connectivity index (χ1) is 10.3. The summed E-state index contributed by atoms with van der Waals surface area (Å²) >= 11 is 0. The Morgan fingerprint density at radius 1 is 1.00 bits per heavy atom. The fourth-order valence-electron chi connectivity index (χ4n) is 3.21. The van der Waals surface area contributed by atoms with E-state index in [0.717, 1.165) is 6.07 Å². The summed E-state index contributed by atoms with van der Waals surface area (Å²) in [6.45, 7) is 0.909. The molecule has 0 unspecified atom stereocenters. The number of alkyl halides is 3. The molecular formula is C15H16F4O3. The van der Waals surface area contributed by atoms with Gasteiger partial charge in [0.1, 0.15) is 5.82 Å².